The number of hydrogen-bond donors (Lipinski definition) is 1. The van der Waals surface area contributed by atoms with Crippen LogP contribution >= 0.6 is 11.3 Å². The quantitative estimate of drug-likeness (QED) is 0.902. The number of nitrogens with zero attached hydrogens (tertiary/aromatic N) is 1. The topological polar surface area (TPSA) is 15.3 Å². The molecule has 2 rings (SSSR count). The monoisotopic (exact) mass is 294 g/mol. The molecule has 0 spiro atoms. The van der Waals surface area contributed by atoms with Crippen LogP contribution in [-0.2, 0) is 13.1 Å². The van der Waals surface area contributed by atoms with E-state index in [0.29, 0.717) is 0 Å². The molecule has 1 N–H and O–H groups in total. The highest BCUT2D eigenvalue weighted by atomic mass is 32.1. The molecule has 1 aromatic heterocycles. The molecule has 1 saturated heterocycles. The summed E-state index contributed by atoms with van der Waals surface area (Å²) in [7, 11) is 0. The van der Waals surface area contributed by atoms with Gasteiger partial charge in [0.05, 0.1) is 0 Å². The Labute approximate surface area is 128 Å². The van der Waals surface area contributed by atoms with E-state index in [1.807, 2.05) is 11.3 Å². The van der Waals surface area contributed by atoms with Gasteiger partial charge in [0, 0.05) is 41.5 Å². The van der Waals surface area contributed by atoms with Crippen molar-refractivity contribution < 1.29 is 0 Å². The highest BCUT2D eigenvalue weighted by molar-refractivity contribution is 7.12. The second-order valence-corrected chi connectivity index (χ2v) is 8.89. The van der Waals surface area contributed by atoms with Crippen molar-refractivity contribution in [3.8, 4) is 0 Å². The van der Waals surface area contributed by atoms with Crippen LogP contribution < -0.4 is 5.32 Å². The summed E-state index contributed by atoms with van der Waals surface area (Å²) < 4.78 is 0. The molecule has 1 aliphatic heterocycles. The van der Waals surface area contributed by atoms with Gasteiger partial charge in [-0.1, -0.05) is 13.8 Å². The van der Waals surface area contributed by atoms with E-state index in [4.69, 9.17) is 0 Å². The Hall–Kier alpha value is -0.380. The first-order valence-corrected chi connectivity index (χ1v) is 8.62. The lowest BCUT2D eigenvalue weighted by Gasteiger charge is -2.19. The Morgan fingerprint density at radius 1 is 1.25 bits per heavy atom. The minimum atomic E-state index is 0.192. The first-order chi connectivity index (χ1) is 9.24. The Morgan fingerprint density at radius 2 is 1.85 bits per heavy atom. The zero-order valence-corrected chi connectivity index (χ0v) is 14.7. The van der Waals surface area contributed by atoms with Crippen molar-refractivity contribution in [1.82, 2.24) is 10.2 Å². The number of nitrogens with one attached hydrogen (secondary N) is 1. The van der Waals surface area contributed by atoms with Crippen LogP contribution in [0.5, 0.6) is 0 Å². The molecule has 0 amide bonds. The third kappa shape index (κ3) is 4.31. The van der Waals surface area contributed by atoms with Crippen LogP contribution in [0.1, 0.15) is 49.9 Å². The summed E-state index contributed by atoms with van der Waals surface area (Å²) in [6.07, 6.45) is 0. The SMILES string of the molecule is Cc1sc(CNC(C)(C)C)cc1CN1CC(C)C(C)C1. The van der Waals surface area contributed by atoms with Crippen molar-refractivity contribution in [2.24, 2.45) is 11.8 Å². The summed E-state index contributed by atoms with van der Waals surface area (Å²) in [6.45, 7) is 18.3. The molecule has 114 valence electrons. The molecule has 1 aromatic rings. The molecule has 3 heteroatoms. The largest absolute Gasteiger partial charge is 0.307 e. The summed E-state index contributed by atoms with van der Waals surface area (Å²) in [6, 6.07) is 2.41. The highest BCUT2D eigenvalue weighted by Crippen LogP contribution is 2.28. The molecular formula is C17H30N2S. The van der Waals surface area contributed by atoms with Gasteiger partial charge in [0.1, 0.15) is 0 Å². The third-order valence-electron chi connectivity index (χ3n) is 4.32. The molecule has 2 nitrogen and oxygen atoms in total. The van der Waals surface area contributed by atoms with Crippen molar-refractivity contribution in [2.45, 2.75) is 60.2 Å². The molecule has 2 unspecified atom stereocenters. The summed E-state index contributed by atoms with van der Waals surface area (Å²) in [4.78, 5) is 5.57. The van der Waals surface area contributed by atoms with Crippen molar-refractivity contribution in [3.63, 3.8) is 0 Å². The van der Waals surface area contributed by atoms with Gasteiger partial charge < -0.3 is 5.32 Å². The molecular weight excluding hydrogens is 264 g/mol. The van der Waals surface area contributed by atoms with Gasteiger partial charge in [0.15, 0.2) is 0 Å². The van der Waals surface area contributed by atoms with Crippen LogP contribution in [0.2, 0.25) is 0 Å². The number of thiophene rings is 1. The van der Waals surface area contributed by atoms with E-state index in [1.165, 1.54) is 28.4 Å². The van der Waals surface area contributed by atoms with Crippen molar-refractivity contribution in [1.29, 1.82) is 0 Å². The van der Waals surface area contributed by atoms with Gasteiger partial charge in [-0.15, -0.1) is 11.3 Å². The van der Waals surface area contributed by atoms with Gasteiger partial charge in [-0.05, 0) is 51.2 Å². The zero-order valence-electron chi connectivity index (χ0n) is 13.9. The van der Waals surface area contributed by atoms with E-state index in [2.05, 4.69) is 57.8 Å². The Bertz CT molecular complexity index is 434. The van der Waals surface area contributed by atoms with Gasteiger partial charge in [-0.3, -0.25) is 4.90 Å². The lowest BCUT2D eigenvalue weighted by atomic mass is 10.0. The van der Waals surface area contributed by atoms with Crippen LogP contribution in [-0.4, -0.2) is 23.5 Å². The van der Waals surface area contributed by atoms with E-state index < -0.39 is 0 Å². The molecule has 2 heterocycles. The minimum absolute atomic E-state index is 0.192. The molecule has 0 aliphatic carbocycles. The Morgan fingerprint density at radius 3 is 2.40 bits per heavy atom. The van der Waals surface area contributed by atoms with Crippen molar-refractivity contribution in [2.75, 3.05) is 13.1 Å². The van der Waals surface area contributed by atoms with E-state index in [0.717, 1.165) is 24.9 Å². The fourth-order valence-electron chi connectivity index (χ4n) is 2.80. The maximum atomic E-state index is 3.58. The van der Waals surface area contributed by atoms with E-state index in [1.54, 1.807) is 0 Å². The molecule has 0 bridgehead atoms. The maximum Gasteiger partial charge on any atom is 0.0304 e. The molecule has 0 aromatic carbocycles. The van der Waals surface area contributed by atoms with Crippen LogP contribution in [0, 0.1) is 18.8 Å². The highest BCUT2D eigenvalue weighted by Gasteiger charge is 2.26. The number of rotatable bonds is 4. The average molecular weight is 295 g/mol. The van der Waals surface area contributed by atoms with Gasteiger partial charge >= 0.3 is 0 Å². The average Bonchev–Trinajstić information content (AvgIpc) is 2.81. The minimum Gasteiger partial charge on any atom is -0.307 e. The third-order valence-corrected chi connectivity index (χ3v) is 5.42. The number of aryl methyl sites for hydroxylation is 1. The first-order valence-electron chi connectivity index (χ1n) is 7.80. The van der Waals surface area contributed by atoms with Crippen LogP contribution in [0.3, 0.4) is 0 Å². The van der Waals surface area contributed by atoms with Gasteiger partial charge in [-0.2, -0.15) is 0 Å². The fraction of sp³-hybridized carbons (Fsp3) is 0.765. The normalized spacial score (nSPS) is 24.5. The molecule has 0 saturated carbocycles. The summed E-state index contributed by atoms with van der Waals surface area (Å²) in [5.74, 6) is 1.69. The zero-order chi connectivity index (χ0) is 14.9. The second kappa shape index (κ2) is 6.17. The van der Waals surface area contributed by atoms with Crippen molar-refractivity contribution >= 4 is 11.3 Å². The Balaban J connectivity index is 1.94. The molecule has 2 atom stereocenters. The number of likely N-dealkylation sites (tertiary alicyclic amines) is 1. The molecule has 0 radical (unpaired) electrons. The number of hydrogen-bond acceptors (Lipinski definition) is 3. The fourth-order valence-corrected chi connectivity index (χ4v) is 3.80. The van der Waals surface area contributed by atoms with E-state index in [-0.39, 0.29) is 5.54 Å². The van der Waals surface area contributed by atoms with Gasteiger partial charge in [0.25, 0.3) is 0 Å². The van der Waals surface area contributed by atoms with Gasteiger partial charge in [-0.25, -0.2) is 0 Å². The predicted molar refractivity (Wildman–Crippen MR) is 89.3 cm³/mol. The van der Waals surface area contributed by atoms with E-state index in [9.17, 15) is 0 Å². The molecule has 1 aliphatic rings. The predicted octanol–water partition coefficient (Wildman–Crippen LogP) is 4.03. The van der Waals surface area contributed by atoms with Gasteiger partial charge in [0.2, 0.25) is 0 Å². The van der Waals surface area contributed by atoms with Crippen LogP contribution in [0.25, 0.3) is 0 Å². The van der Waals surface area contributed by atoms with Crippen LogP contribution in [0.4, 0.5) is 0 Å². The maximum absolute atomic E-state index is 3.58. The van der Waals surface area contributed by atoms with Crippen LogP contribution in [0.15, 0.2) is 6.07 Å². The summed E-state index contributed by atoms with van der Waals surface area (Å²) >= 11 is 1.95. The first kappa shape index (κ1) is 16.0. The van der Waals surface area contributed by atoms with E-state index >= 15 is 0 Å². The molecule has 1 fully saturated rings. The Kier molecular flexibility index (Phi) is 4.93. The molecule has 20 heavy (non-hydrogen) atoms. The summed E-state index contributed by atoms with van der Waals surface area (Å²) in [5, 5.41) is 3.58. The summed E-state index contributed by atoms with van der Waals surface area (Å²) in [5.41, 5.74) is 1.72. The standard InChI is InChI=1S/C17H30N2S/c1-12-9-19(10-13(12)2)11-15-7-16(20-14(15)3)8-18-17(4,5)6/h7,12-13,18H,8-11H2,1-6H3. The second-order valence-electron chi connectivity index (χ2n) is 7.55. The smallest absolute Gasteiger partial charge is 0.0304 e. The van der Waals surface area contributed by atoms with Crippen molar-refractivity contribution in [3.05, 3.63) is 21.4 Å². The lowest BCUT2D eigenvalue weighted by molar-refractivity contribution is 0.316. The lowest BCUT2D eigenvalue weighted by Crippen LogP contribution is -2.34.